The lowest BCUT2D eigenvalue weighted by Gasteiger charge is -2.08. The molecule has 5 nitrogen and oxygen atoms in total. The lowest BCUT2D eigenvalue weighted by Crippen LogP contribution is -2.13. The summed E-state index contributed by atoms with van der Waals surface area (Å²) < 4.78 is 0. The molecule has 0 spiro atoms. The predicted octanol–water partition coefficient (Wildman–Crippen LogP) is 3.12. The van der Waals surface area contributed by atoms with Gasteiger partial charge in [0, 0.05) is 36.6 Å². The number of non-ortho nitro benzene ring substituents is 1. The predicted molar refractivity (Wildman–Crippen MR) is 76.5 cm³/mol. The normalized spacial score (nSPS) is 9.89. The molecule has 0 aliphatic heterocycles. The van der Waals surface area contributed by atoms with Gasteiger partial charge in [-0.2, -0.15) is 0 Å². The lowest BCUT2D eigenvalue weighted by atomic mass is 10.3. The number of hydrogen-bond acceptors (Lipinski definition) is 4. The molecule has 2 rings (SSSR count). The van der Waals surface area contributed by atoms with Crippen LogP contribution >= 0.6 is 0 Å². The number of benzene rings is 2. The van der Waals surface area contributed by atoms with Crippen LogP contribution in [-0.2, 0) is 0 Å². The number of rotatable bonds is 6. The van der Waals surface area contributed by atoms with E-state index < -0.39 is 4.92 Å². The van der Waals surface area contributed by atoms with Gasteiger partial charge < -0.3 is 10.6 Å². The molecule has 0 saturated carbocycles. The average molecular weight is 257 g/mol. The first-order chi connectivity index (χ1) is 9.25. The van der Waals surface area contributed by atoms with Crippen LogP contribution in [0.5, 0.6) is 0 Å². The maximum absolute atomic E-state index is 10.5. The second-order valence-corrected chi connectivity index (χ2v) is 4.02. The minimum Gasteiger partial charge on any atom is -0.383 e. The van der Waals surface area contributed by atoms with Gasteiger partial charge in [0.15, 0.2) is 0 Å². The van der Waals surface area contributed by atoms with Gasteiger partial charge in [-0.1, -0.05) is 18.2 Å². The quantitative estimate of drug-likeness (QED) is 0.474. The Hall–Kier alpha value is -2.56. The zero-order valence-corrected chi connectivity index (χ0v) is 10.4. The van der Waals surface area contributed by atoms with E-state index in [1.165, 1.54) is 12.1 Å². The van der Waals surface area contributed by atoms with Crippen LogP contribution < -0.4 is 10.6 Å². The Morgan fingerprint density at radius 3 is 1.89 bits per heavy atom. The fourth-order valence-electron chi connectivity index (χ4n) is 1.67. The SMILES string of the molecule is O=[N+]([O-])c1ccc(NCCNc2ccccc2)cc1. The van der Waals surface area contributed by atoms with E-state index in [2.05, 4.69) is 10.6 Å². The van der Waals surface area contributed by atoms with Gasteiger partial charge in [-0.25, -0.2) is 0 Å². The molecule has 0 bridgehead atoms. The van der Waals surface area contributed by atoms with E-state index in [0.717, 1.165) is 24.5 Å². The summed E-state index contributed by atoms with van der Waals surface area (Å²) in [6.07, 6.45) is 0. The molecule has 5 heteroatoms. The number of hydrogen-bond donors (Lipinski definition) is 2. The number of anilines is 2. The largest absolute Gasteiger partial charge is 0.383 e. The van der Waals surface area contributed by atoms with E-state index in [9.17, 15) is 10.1 Å². The topological polar surface area (TPSA) is 67.2 Å². The van der Waals surface area contributed by atoms with Crippen molar-refractivity contribution in [2.45, 2.75) is 0 Å². The third-order valence-corrected chi connectivity index (χ3v) is 2.64. The molecule has 0 aliphatic carbocycles. The number of nitro benzene ring substituents is 1. The highest BCUT2D eigenvalue weighted by atomic mass is 16.6. The van der Waals surface area contributed by atoms with Gasteiger partial charge in [-0.05, 0) is 24.3 Å². The van der Waals surface area contributed by atoms with E-state index in [0.29, 0.717) is 0 Å². The molecule has 0 unspecified atom stereocenters. The highest BCUT2D eigenvalue weighted by Crippen LogP contribution is 2.15. The molecular formula is C14H15N3O2. The molecule has 0 saturated heterocycles. The molecule has 2 aromatic rings. The molecule has 0 aromatic heterocycles. The number of nitro groups is 1. The Bertz CT molecular complexity index is 526. The van der Waals surface area contributed by atoms with Crippen LogP contribution in [0.4, 0.5) is 17.1 Å². The van der Waals surface area contributed by atoms with Crippen molar-refractivity contribution in [3.8, 4) is 0 Å². The summed E-state index contributed by atoms with van der Waals surface area (Å²) in [4.78, 5) is 10.1. The molecule has 2 aromatic carbocycles. The maximum atomic E-state index is 10.5. The maximum Gasteiger partial charge on any atom is 0.269 e. The van der Waals surface area contributed by atoms with Crippen molar-refractivity contribution in [1.29, 1.82) is 0 Å². The molecule has 98 valence electrons. The fourth-order valence-corrected chi connectivity index (χ4v) is 1.67. The van der Waals surface area contributed by atoms with Crippen molar-refractivity contribution in [2.75, 3.05) is 23.7 Å². The first-order valence-electron chi connectivity index (χ1n) is 6.03. The second-order valence-electron chi connectivity index (χ2n) is 4.02. The van der Waals surface area contributed by atoms with E-state index in [1.807, 2.05) is 30.3 Å². The third-order valence-electron chi connectivity index (χ3n) is 2.64. The molecule has 19 heavy (non-hydrogen) atoms. The molecule has 0 atom stereocenters. The van der Waals surface area contributed by atoms with Gasteiger partial charge in [0.1, 0.15) is 0 Å². The van der Waals surface area contributed by atoms with Gasteiger partial charge in [0.25, 0.3) is 5.69 Å². The zero-order valence-electron chi connectivity index (χ0n) is 10.4. The number of para-hydroxylation sites is 1. The summed E-state index contributed by atoms with van der Waals surface area (Å²) in [5.74, 6) is 0. The number of nitrogens with zero attached hydrogens (tertiary/aromatic N) is 1. The average Bonchev–Trinajstić information content (AvgIpc) is 2.45. The Labute approximate surface area is 111 Å². The summed E-state index contributed by atoms with van der Waals surface area (Å²) in [5, 5.41) is 17.0. The Morgan fingerprint density at radius 2 is 1.37 bits per heavy atom. The highest BCUT2D eigenvalue weighted by Gasteiger charge is 2.02. The molecule has 0 heterocycles. The minimum absolute atomic E-state index is 0.105. The molecule has 0 radical (unpaired) electrons. The first kappa shape index (κ1) is 12.9. The van der Waals surface area contributed by atoms with Crippen molar-refractivity contribution in [3.05, 3.63) is 64.7 Å². The van der Waals surface area contributed by atoms with E-state index in [1.54, 1.807) is 12.1 Å². The van der Waals surface area contributed by atoms with Gasteiger partial charge in [0.2, 0.25) is 0 Å². The van der Waals surface area contributed by atoms with Crippen molar-refractivity contribution in [1.82, 2.24) is 0 Å². The van der Waals surface area contributed by atoms with Crippen LogP contribution in [0.3, 0.4) is 0 Å². The summed E-state index contributed by atoms with van der Waals surface area (Å²) >= 11 is 0. The Kier molecular flexibility index (Phi) is 4.34. The van der Waals surface area contributed by atoms with Crippen LogP contribution in [0.1, 0.15) is 0 Å². The summed E-state index contributed by atoms with van der Waals surface area (Å²) in [6, 6.07) is 16.3. The molecular weight excluding hydrogens is 242 g/mol. The van der Waals surface area contributed by atoms with Crippen molar-refractivity contribution in [2.24, 2.45) is 0 Å². The van der Waals surface area contributed by atoms with Crippen LogP contribution in [0.2, 0.25) is 0 Å². The van der Waals surface area contributed by atoms with E-state index >= 15 is 0 Å². The van der Waals surface area contributed by atoms with Crippen molar-refractivity contribution < 1.29 is 4.92 Å². The lowest BCUT2D eigenvalue weighted by molar-refractivity contribution is -0.384. The highest BCUT2D eigenvalue weighted by molar-refractivity contribution is 5.49. The number of nitrogens with one attached hydrogen (secondary N) is 2. The second kappa shape index (κ2) is 6.39. The zero-order chi connectivity index (χ0) is 13.5. The molecule has 0 fully saturated rings. The van der Waals surface area contributed by atoms with Gasteiger partial charge in [-0.15, -0.1) is 0 Å². The smallest absolute Gasteiger partial charge is 0.269 e. The van der Waals surface area contributed by atoms with Crippen LogP contribution in [0, 0.1) is 10.1 Å². The Morgan fingerprint density at radius 1 is 0.842 bits per heavy atom. The van der Waals surface area contributed by atoms with Crippen LogP contribution in [-0.4, -0.2) is 18.0 Å². The van der Waals surface area contributed by atoms with Crippen LogP contribution in [0.25, 0.3) is 0 Å². The van der Waals surface area contributed by atoms with Crippen molar-refractivity contribution in [3.63, 3.8) is 0 Å². The third kappa shape index (κ3) is 3.99. The van der Waals surface area contributed by atoms with Gasteiger partial charge in [-0.3, -0.25) is 10.1 Å². The van der Waals surface area contributed by atoms with E-state index in [4.69, 9.17) is 0 Å². The van der Waals surface area contributed by atoms with Gasteiger partial charge >= 0.3 is 0 Å². The van der Waals surface area contributed by atoms with Crippen molar-refractivity contribution >= 4 is 17.1 Å². The minimum atomic E-state index is -0.402. The molecule has 2 N–H and O–H groups in total. The summed E-state index contributed by atoms with van der Waals surface area (Å²) in [5.41, 5.74) is 2.06. The Balaban J connectivity index is 1.75. The molecule has 0 aliphatic rings. The summed E-state index contributed by atoms with van der Waals surface area (Å²) in [7, 11) is 0. The first-order valence-corrected chi connectivity index (χ1v) is 6.03. The standard InChI is InChI=1S/C14H15N3O2/c18-17(19)14-8-6-13(7-9-14)16-11-10-15-12-4-2-1-3-5-12/h1-9,15-16H,10-11H2. The van der Waals surface area contributed by atoms with E-state index in [-0.39, 0.29) is 5.69 Å². The monoisotopic (exact) mass is 257 g/mol. The molecule has 0 amide bonds. The van der Waals surface area contributed by atoms with Crippen LogP contribution in [0.15, 0.2) is 54.6 Å². The van der Waals surface area contributed by atoms with Gasteiger partial charge in [0.05, 0.1) is 4.92 Å². The summed E-state index contributed by atoms with van der Waals surface area (Å²) in [6.45, 7) is 1.52. The fraction of sp³-hybridized carbons (Fsp3) is 0.143.